The first-order chi connectivity index (χ1) is 7.84. The monoisotopic (exact) mass is 237 g/mol. The number of carbonyl (C=O) groups is 1. The first kappa shape index (κ1) is 13.0. The predicted molar refractivity (Wildman–Crippen MR) is 64.1 cm³/mol. The number of carbonyl (C=O) groups excluding carboxylic acids is 1. The summed E-state index contributed by atoms with van der Waals surface area (Å²) in [5.74, 6) is -0.359. The number of hydrogen-bond donors (Lipinski definition) is 1. The molecule has 0 aliphatic carbocycles. The van der Waals surface area contributed by atoms with E-state index in [4.69, 9.17) is 0 Å². The van der Waals surface area contributed by atoms with Gasteiger partial charge in [-0.2, -0.15) is 0 Å². The lowest BCUT2D eigenvalue weighted by molar-refractivity contribution is -0.389. The SMILES string of the molecule is Cc1[nH]c([N+](=O)[O-])c(C)c1C(=O)C=CN(C)C. The van der Waals surface area contributed by atoms with Crippen molar-refractivity contribution >= 4 is 11.6 Å². The van der Waals surface area contributed by atoms with Gasteiger partial charge in [-0.3, -0.25) is 4.79 Å². The molecule has 0 atom stereocenters. The molecule has 0 aliphatic heterocycles. The van der Waals surface area contributed by atoms with Crippen LogP contribution >= 0.6 is 0 Å². The van der Waals surface area contributed by atoms with E-state index in [1.807, 2.05) is 0 Å². The maximum Gasteiger partial charge on any atom is 0.324 e. The van der Waals surface area contributed by atoms with Crippen LogP contribution in [-0.4, -0.2) is 34.7 Å². The Kier molecular flexibility index (Phi) is 3.67. The fourth-order valence-corrected chi connectivity index (χ4v) is 1.59. The second kappa shape index (κ2) is 4.82. The van der Waals surface area contributed by atoms with Gasteiger partial charge in [-0.05, 0) is 18.8 Å². The molecule has 0 saturated carbocycles. The van der Waals surface area contributed by atoms with Crippen molar-refractivity contribution in [2.45, 2.75) is 13.8 Å². The molecule has 0 fully saturated rings. The highest BCUT2D eigenvalue weighted by Crippen LogP contribution is 2.24. The Labute approximate surface area is 99.1 Å². The van der Waals surface area contributed by atoms with E-state index in [2.05, 4.69) is 4.98 Å². The third-order valence-corrected chi connectivity index (χ3v) is 2.36. The normalized spacial score (nSPS) is 10.8. The number of aromatic amines is 1. The maximum atomic E-state index is 11.9. The zero-order valence-corrected chi connectivity index (χ0v) is 10.3. The second-order valence-electron chi connectivity index (χ2n) is 4.00. The Morgan fingerprint density at radius 3 is 2.41 bits per heavy atom. The van der Waals surface area contributed by atoms with Crippen LogP contribution in [0.25, 0.3) is 0 Å². The van der Waals surface area contributed by atoms with Gasteiger partial charge >= 0.3 is 5.82 Å². The molecule has 17 heavy (non-hydrogen) atoms. The number of ketones is 1. The van der Waals surface area contributed by atoms with E-state index in [0.717, 1.165) is 0 Å². The number of nitro groups is 1. The van der Waals surface area contributed by atoms with Gasteiger partial charge in [0.1, 0.15) is 5.69 Å². The molecule has 0 amide bonds. The highest BCUT2D eigenvalue weighted by Gasteiger charge is 2.23. The van der Waals surface area contributed by atoms with Gasteiger partial charge in [0, 0.05) is 26.4 Å². The van der Waals surface area contributed by atoms with E-state index in [1.54, 1.807) is 39.0 Å². The Balaban J connectivity index is 3.15. The van der Waals surface area contributed by atoms with E-state index < -0.39 is 4.92 Å². The molecule has 0 unspecified atom stereocenters. The smallest absolute Gasteiger partial charge is 0.324 e. The Hall–Kier alpha value is -2.11. The largest absolute Gasteiger partial charge is 0.383 e. The molecule has 1 rings (SSSR count). The van der Waals surface area contributed by atoms with Crippen LogP contribution in [0.4, 0.5) is 5.82 Å². The summed E-state index contributed by atoms with van der Waals surface area (Å²) in [6.45, 7) is 3.22. The van der Waals surface area contributed by atoms with Crippen molar-refractivity contribution in [1.82, 2.24) is 9.88 Å². The summed E-state index contributed by atoms with van der Waals surface area (Å²) < 4.78 is 0. The maximum absolute atomic E-state index is 11.9. The van der Waals surface area contributed by atoms with Crippen molar-refractivity contribution < 1.29 is 9.72 Å². The van der Waals surface area contributed by atoms with E-state index in [-0.39, 0.29) is 11.6 Å². The summed E-state index contributed by atoms with van der Waals surface area (Å²) in [5, 5.41) is 10.7. The average molecular weight is 237 g/mol. The van der Waals surface area contributed by atoms with Crippen LogP contribution in [-0.2, 0) is 0 Å². The molecule has 0 radical (unpaired) electrons. The molecule has 0 bridgehead atoms. The summed E-state index contributed by atoms with van der Waals surface area (Å²) >= 11 is 0. The van der Waals surface area contributed by atoms with Crippen LogP contribution in [0.3, 0.4) is 0 Å². The fraction of sp³-hybridized carbons (Fsp3) is 0.364. The molecule has 0 aliphatic rings. The number of allylic oxidation sites excluding steroid dienone is 1. The van der Waals surface area contributed by atoms with Crippen LogP contribution in [0.5, 0.6) is 0 Å². The average Bonchev–Trinajstić information content (AvgIpc) is 2.51. The molecule has 1 aromatic heterocycles. The van der Waals surface area contributed by atoms with E-state index in [9.17, 15) is 14.9 Å². The predicted octanol–water partition coefficient (Wildman–Crippen LogP) is 1.80. The van der Waals surface area contributed by atoms with E-state index >= 15 is 0 Å². The summed E-state index contributed by atoms with van der Waals surface area (Å²) in [5.41, 5.74) is 1.26. The van der Waals surface area contributed by atoms with Crippen molar-refractivity contribution in [1.29, 1.82) is 0 Å². The van der Waals surface area contributed by atoms with Crippen molar-refractivity contribution in [2.75, 3.05) is 14.1 Å². The molecule has 6 nitrogen and oxygen atoms in total. The first-order valence-electron chi connectivity index (χ1n) is 5.07. The summed E-state index contributed by atoms with van der Waals surface area (Å²) in [7, 11) is 3.59. The van der Waals surface area contributed by atoms with Gasteiger partial charge in [-0.15, -0.1) is 0 Å². The first-order valence-corrected chi connectivity index (χ1v) is 5.07. The van der Waals surface area contributed by atoms with Crippen molar-refractivity contribution in [3.8, 4) is 0 Å². The van der Waals surface area contributed by atoms with Crippen LogP contribution in [0.15, 0.2) is 12.3 Å². The van der Waals surface area contributed by atoms with Crippen molar-refractivity contribution in [3.05, 3.63) is 39.2 Å². The van der Waals surface area contributed by atoms with Gasteiger partial charge in [0.2, 0.25) is 0 Å². The van der Waals surface area contributed by atoms with Crippen molar-refractivity contribution in [2.24, 2.45) is 0 Å². The van der Waals surface area contributed by atoms with Crippen LogP contribution in [0.2, 0.25) is 0 Å². The van der Waals surface area contributed by atoms with Gasteiger partial charge in [0.15, 0.2) is 5.78 Å². The number of nitrogens with one attached hydrogen (secondary N) is 1. The summed E-state index contributed by atoms with van der Waals surface area (Å²) in [6, 6.07) is 0. The Morgan fingerprint density at radius 1 is 1.41 bits per heavy atom. The Morgan fingerprint density at radius 2 is 2.00 bits per heavy atom. The van der Waals surface area contributed by atoms with Gasteiger partial charge in [-0.1, -0.05) is 0 Å². The van der Waals surface area contributed by atoms with E-state index in [1.165, 1.54) is 6.08 Å². The van der Waals surface area contributed by atoms with Crippen LogP contribution < -0.4 is 0 Å². The lowest BCUT2D eigenvalue weighted by Gasteiger charge is -2.02. The summed E-state index contributed by atoms with van der Waals surface area (Å²) in [6.07, 6.45) is 3.01. The summed E-state index contributed by atoms with van der Waals surface area (Å²) in [4.78, 5) is 26.4. The quantitative estimate of drug-likeness (QED) is 0.375. The highest BCUT2D eigenvalue weighted by molar-refractivity contribution is 6.07. The molecule has 1 N–H and O–H groups in total. The fourth-order valence-electron chi connectivity index (χ4n) is 1.59. The van der Waals surface area contributed by atoms with Gasteiger partial charge in [0.05, 0.1) is 11.1 Å². The minimum absolute atomic E-state index is 0.121. The molecule has 92 valence electrons. The minimum Gasteiger partial charge on any atom is -0.383 e. The number of nitrogens with zero attached hydrogens (tertiary/aromatic N) is 2. The molecular formula is C11H15N3O3. The number of rotatable bonds is 4. The van der Waals surface area contributed by atoms with Gasteiger partial charge in [-0.25, -0.2) is 4.98 Å². The third kappa shape index (κ3) is 2.72. The minimum atomic E-state index is -0.519. The molecular weight excluding hydrogens is 222 g/mol. The third-order valence-electron chi connectivity index (χ3n) is 2.36. The van der Waals surface area contributed by atoms with Gasteiger partial charge in [0.25, 0.3) is 0 Å². The highest BCUT2D eigenvalue weighted by atomic mass is 16.6. The lowest BCUT2D eigenvalue weighted by Crippen LogP contribution is -2.04. The molecule has 0 aromatic carbocycles. The van der Waals surface area contributed by atoms with Crippen molar-refractivity contribution in [3.63, 3.8) is 0 Å². The number of hydrogen-bond acceptors (Lipinski definition) is 4. The molecule has 6 heteroatoms. The van der Waals surface area contributed by atoms with Crippen LogP contribution in [0.1, 0.15) is 21.6 Å². The number of aromatic nitrogens is 1. The lowest BCUT2D eigenvalue weighted by atomic mass is 10.1. The molecule has 0 spiro atoms. The standard InChI is InChI=1S/C11H15N3O3/c1-7-10(9(15)5-6-13(3)4)8(2)12-11(7)14(16)17/h5-6,12H,1-4H3. The zero-order valence-electron chi connectivity index (χ0n) is 10.3. The topological polar surface area (TPSA) is 79.2 Å². The number of aryl methyl sites for hydroxylation is 1. The Bertz CT molecular complexity index is 486. The molecule has 1 heterocycles. The number of H-pyrrole nitrogens is 1. The van der Waals surface area contributed by atoms with E-state index in [0.29, 0.717) is 16.8 Å². The molecule has 1 aromatic rings. The zero-order chi connectivity index (χ0) is 13.2. The van der Waals surface area contributed by atoms with Crippen LogP contribution in [0, 0.1) is 24.0 Å². The second-order valence-corrected chi connectivity index (χ2v) is 4.00. The van der Waals surface area contributed by atoms with Gasteiger partial charge < -0.3 is 15.0 Å². The molecule has 0 saturated heterocycles.